The Morgan fingerprint density at radius 2 is 1.95 bits per heavy atom. The number of thiophene rings is 1. The Morgan fingerprint density at radius 3 is 2.48 bits per heavy atom. The third-order valence-electron chi connectivity index (χ3n) is 3.30. The van der Waals surface area contributed by atoms with E-state index in [2.05, 4.69) is 62.3 Å². The molecule has 1 N–H and O–H groups in total. The maximum Gasteiger partial charge on any atom is 0.118 e. The first kappa shape index (κ1) is 17.0. The number of methoxy groups -OCH3 is 1. The van der Waals surface area contributed by atoms with E-state index in [4.69, 9.17) is 4.74 Å². The number of hydrogen-bond donors (Lipinski definition) is 1. The quantitative estimate of drug-likeness (QED) is 0.617. The number of nitrogens with one attached hydrogen (secondary N) is 1. The van der Waals surface area contributed by atoms with Crippen LogP contribution < -0.4 is 10.1 Å². The molecule has 0 aliphatic rings. The highest BCUT2D eigenvalue weighted by molar-refractivity contribution is 9.12. The average Bonchev–Trinajstić information content (AvgIpc) is 2.83. The van der Waals surface area contributed by atoms with E-state index in [0.717, 1.165) is 28.9 Å². The van der Waals surface area contributed by atoms with Crippen molar-refractivity contribution in [3.8, 4) is 5.75 Å². The van der Waals surface area contributed by atoms with E-state index in [1.807, 2.05) is 12.1 Å². The lowest BCUT2D eigenvalue weighted by Gasteiger charge is -2.18. The van der Waals surface area contributed by atoms with Crippen LogP contribution in [0.15, 0.2) is 37.9 Å². The zero-order valence-corrected chi connectivity index (χ0v) is 16.1. The minimum absolute atomic E-state index is 0.315. The molecule has 1 aromatic heterocycles. The van der Waals surface area contributed by atoms with Crippen molar-refractivity contribution in [2.75, 3.05) is 13.7 Å². The predicted molar refractivity (Wildman–Crippen MR) is 97.5 cm³/mol. The number of halogens is 2. The summed E-state index contributed by atoms with van der Waals surface area (Å²) >= 11 is 8.96. The van der Waals surface area contributed by atoms with E-state index >= 15 is 0 Å². The molecule has 2 rings (SSSR count). The summed E-state index contributed by atoms with van der Waals surface area (Å²) in [6, 6.07) is 10.8. The lowest BCUT2D eigenvalue weighted by atomic mass is 10.0. The fourth-order valence-electron chi connectivity index (χ4n) is 2.20. The van der Waals surface area contributed by atoms with Crippen LogP contribution in [0.3, 0.4) is 0 Å². The Hall–Kier alpha value is -0.360. The molecule has 2 aromatic rings. The van der Waals surface area contributed by atoms with Gasteiger partial charge in [0.05, 0.1) is 14.7 Å². The van der Waals surface area contributed by atoms with Crippen LogP contribution >= 0.6 is 43.2 Å². The molecule has 0 saturated heterocycles. The third-order valence-corrected chi connectivity index (χ3v) is 5.68. The van der Waals surface area contributed by atoms with Gasteiger partial charge in [0, 0.05) is 6.04 Å². The first-order chi connectivity index (χ1) is 10.1. The average molecular weight is 433 g/mol. The van der Waals surface area contributed by atoms with Gasteiger partial charge in [0.15, 0.2) is 0 Å². The molecule has 1 atom stereocenters. The highest BCUT2D eigenvalue weighted by atomic mass is 79.9. The second-order valence-electron chi connectivity index (χ2n) is 4.84. The molecular weight excluding hydrogens is 414 g/mol. The van der Waals surface area contributed by atoms with Crippen LogP contribution in [0, 0.1) is 0 Å². The normalized spacial score (nSPS) is 12.4. The topological polar surface area (TPSA) is 21.3 Å². The molecule has 1 heterocycles. The van der Waals surface area contributed by atoms with E-state index in [-0.39, 0.29) is 0 Å². The van der Waals surface area contributed by atoms with Crippen molar-refractivity contribution in [1.82, 2.24) is 5.32 Å². The van der Waals surface area contributed by atoms with E-state index in [1.165, 1.54) is 14.9 Å². The number of hydrogen-bond acceptors (Lipinski definition) is 3. The van der Waals surface area contributed by atoms with Crippen molar-refractivity contribution in [2.45, 2.75) is 25.8 Å². The molecule has 114 valence electrons. The Kier molecular flexibility index (Phi) is 6.74. The van der Waals surface area contributed by atoms with Gasteiger partial charge in [-0.05, 0) is 80.6 Å². The number of ether oxygens (including phenoxy) is 1. The molecule has 0 aliphatic carbocycles. The lowest BCUT2D eigenvalue weighted by Crippen LogP contribution is -2.24. The molecule has 21 heavy (non-hydrogen) atoms. The zero-order chi connectivity index (χ0) is 15.2. The van der Waals surface area contributed by atoms with Gasteiger partial charge in [-0.3, -0.25) is 0 Å². The lowest BCUT2D eigenvalue weighted by molar-refractivity contribution is 0.414. The van der Waals surface area contributed by atoms with Crippen LogP contribution in [0.4, 0.5) is 0 Å². The van der Waals surface area contributed by atoms with Crippen molar-refractivity contribution in [3.63, 3.8) is 0 Å². The molecule has 0 radical (unpaired) electrons. The molecule has 0 amide bonds. The van der Waals surface area contributed by atoms with Crippen molar-refractivity contribution in [1.29, 1.82) is 0 Å². The van der Waals surface area contributed by atoms with Gasteiger partial charge >= 0.3 is 0 Å². The van der Waals surface area contributed by atoms with Crippen LogP contribution in [0.25, 0.3) is 0 Å². The van der Waals surface area contributed by atoms with Gasteiger partial charge in [0.25, 0.3) is 0 Å². The Balaban J connectivity index is 2.17. The predicted octanol–water partition coefficient (Wildman–Crippen LogP) is 5.57. The SMILES string of the molecule is CCCNC(Cc1ccc(OC)cc1)c1cc(Br)sc1Br. The van der Waals surface area contributed by atoms with E-state index in [0.29, 0.717) is 6.04 Å². The van der Waals surface area contributed by atoms with Gasteiger partial charge in [-0.2, -0.15) is 0 Å². The number of rotatable bonds is 7. The maximum atomic E-state index is 5.22. The Morgan fingerprint density at radius 1 is 1.24 bits per heavy atom. The molecule has 0 bridgehead atoms. The van der Waals surface area contributed by atoms with Gasteiger partial charge in [0.1, 0.15) is 5.75 Å². The minimum Gasteiger partial charge on any atom is -0.497 e. The van der Waals surface area contributed by atoms with Crippen LogP contribution in [0.1, 0.15) is 30.5 Å². The molecule has 2 nitrogen and oxygen atoms in total. The maximum absolute atomic E-state index is 5.22. The molecule has 0 spiro atoms. The van der Waals surface area contributed by atoms with Crippen LogP contribution in [-0.2, 0) is 6.42 Å². The second-order valence-corrected chi connectivity index (χ2v) is 8.59. The molecule has 1 aromatic carbocycles. The summed E-state index contributed by atoms with van der Waals surface area (Å²) < 4.78 is 7.56. The Labute approximate surface area is 147 Å². The highest BCUT2D eigenvalue weighted by Crippen LogP contribution is 2.36. The zero-order valence-electron chi connectivity index (χ0n) is 12.2. The third kappa shape index (κ3) is 4.81. The van der Waals surface area contributed by atoms with E-state index in [9.17, 15) is 0 Å². The fourth-order valence-corrected chi connectivity index (χ4v) is 5.17. The van der Waals surface area contributed by atoms with Gasteiger partial charge in [-0.25, -0.2) is 0 Å². The van der Waals surface area contributed by atoms with Crippen molar-refractivity contribution >= 4 is 43.2 Å². The molecular formula is C16H19Br2NOS. The number of benzene rings is 1. The van der Waals surface area contributed by atoms with Gasteiger partial charge in [0.2, 0.25) is 0 Å². The van der Waals surface area contributed by atoms with Gasteiger partial charge < -0.3 is 10.1 Å². The summed E-state index contributed by atoms with van der Waals surface area (Å²) in [5.41, 5.74) is 2.62. The largest absolute Gasteiger partial charge is 0.497 e. The summed E-state index contributed by atoms with van der Waals surface area (Å²) in [6.07, 6.45) is 2.09. The van der Waals surface area contributed by atoms with Gasteiger partial charge in [-0.1, -0.05) is 19.1 Å². The summed E-state index contributed by atoms with van der Waals surface area (Å²) in [4.78, 5) is 0. The van der Waals surface area contributed by atoms with E-state index < -0.39 is 0 Å². The Bertz CT molecular complexity index is 568. The van der Waals surface area contributed by atoms with Crippen molar-refractivity contribution in [3.05, 3.63) is 49.0 Å². The molecule has 0 aliphatic heterocycles. The molecule has 5 heteroatoms. The molecule has 0 saturated carbocycles. The summed E-state index contributed by atoms with van der Waals surface area (Å²) in [5, 5.41) is 3.64. The van der Waals surface area contributed by atoms with Gasteiger partial charge in [-0.15, -0.1) is 11.3 Å². The standard InChI is InChI=1S/C16H19Br2NOS/c1-3-8-19-14(13-10-15(17)21-16(13)18)9-11-4-6-12(20-2)7-5-11/h4-7,10,14,19H,3,8-9H2,1-2H3. The summed E-state index contributed by atoms with van der Waals surface area (Å²) in [6.45, 7) is 3.21. The fraction of sp³-hybridized carbons (Fsp3) is 0.375. The monoisotopic (exact) mass is 431 g/mol. The molecule has 1 unspecified atom stereocenters. The van der Waals surface area contributed by atoms with Crippen LogP contribution in [-0.4, -0.2) is 13.7 Å². The van der Waals surface area contributed by atoms with Crippen molar-refractivity contribution in [2.24, 2.45) is 0 Å². The molecule has 0 fully saturated rings. The first-order valence-electron chi connectivity index (χ1n) is 6.95. The summed E-state index contributed by atoms with van der Waals surface area (Å²) in [5.74, 6) is 0.899. The minimum atomic E-state index is 0.315. The van der Waals surface area contributed by atoms with Crippen LogP contribution in [0.5, 0.6) is 5.75 Å². The summed E-state index contributed by atoms with van der Waals surface area (Å²) in [7, 11) is 1.70. The van der Waals surface area contributed by atoms with Crippen molar-refractivity contribution < 1.29 is 4.74 Å². The highest BCUT2D eigenvalue weighted by Gasteiger charge is 2.17. The smallest absolute Gasteiger partial charge is 0.118 e. The first-order valence-corrected chi connectivity index (χ1v) is 9.35. The second kappa shape index (κ2) is 8.32. The van der Waals surface area contributed by atoms with E-state index in [1.54, 1.807) is 18.4 Å². The van der Waals surface area contributed by atoms with Crippen LogP contribution in [0.2, 0.25) is 0 Å².